The van der Waals surface area contributed by atoms with Crippen molar-refractivity contribution in [1.29, 1.82) is 0 Å². The predicted molar refractivity (Wildman–Crippen MR) is 99.2 cm³/mol. The molecule has 1 aliphatic heterocycles. The van der Waals surface area contributed by atoms with E-state index >= 15 is 0 Å². The summed E-state index contributed by atoms with van der Waals surface area (Å²) in [6.07, 6.45) is 0.600. The smallest absolute Gasteiger partial charge is 0.342 e. The Morgan fingerprint density at radius 3 is 2.64 bits per heavy atom. The van der Waals surface area contributed by atoms with Gasteiger partial charge in [0.1, 0.15) is 11.3 Å². The first-order valence-electron chi connectivity index (χ1n) is 8.42. The molecule has 1 heterocycles. The summed E-state index contributed by atoms with van der Waals surface area (Å²) in [7, 11) is 1.33. The highest BCUT2D eigenvalue weighted by atomic mass is 16.6. The minimum atomic E-state index is -0.889. The molecule has 0 radical (unpaired) electrons. The molecule has 1 amide bonds. The molecule has 0 saturated carbocycles. The number of benzene rings is 2. The van der Waals surface area contributed by atoms with E-state index in [2.05, 4.69) is 5.10 Å². The van der Waals surface area contributed by atoms with Gasteiger partial charge in [-0.15, -0.1) is 0 Å². The first-order chi connectivity index (χ1) is 13.5. The minimum Gasteiger partial charge on any atom is -0.496 e. The van der Waals surface area contributed by atoms with Crippen LogP contribution in [0.15, 0.2) is 53.6 Å². The quantitative estimate of drug-likeness (QED) is 0.430. The lowest BCUT2D eigenvalue weighted by Gasteiger charge is -2.12. The van der Waals surface area contributed by atoms with Crippen LogP contribution in [-0.4, -0.2) is 47.8 Å². The zero-order valence-corrected chi connectivity index (χ0v) is 15.0. The molecule has 0 aliphatic carbocycles. The molecule has 0 fully saturated rings. The monoisotopic (exact) mass is 383 g/mol. The van der Waals surface area contributed by atoms with Gasteiger partial charge in [-0.1, -0.05) is 30.3 Å². The van der Waals surface area contributed by atoms with E-state index in [4.69, 9.17) is 9.47 Å². The number of nitro benzene ring substituents is 1. The third-order valence-electron chi connectivity index (χ3n) is 4.14. The van der Waals surface area contributed by atoms with Gasteiger partial charge < -0.3 is 9.47 Å². The van der Waals surface area contributed by atoms with Crippen molar-refractivity contribution in [2.24, 2.45) is 5.10 Å². The van der Waals surface area contributed by atoms with Crippen LogP contribution in [0.2, 0.25) is 0 Å². The van der Waals surface area contributed by atoms with Gasteiger partial charge in [-0.25, -0.2) is 9.80 Å². The number of hydrogen-bond donors (Lipinski definition) is 0. The Balaban J connectivity index is 1.65. The number of rotatable bonds is 6. The number of carbonyl (C=O) groups excluding carboxylic acids is 2. The molecule has 28 heavy (non-hydrogen) atoms. The Labute approximate surface area is 160 Å². The SMILES string of the molecule is COc1ccc([N+](=O)[O-])cc1C(=O)OCC(=O)N1CCC(c2ccccc2)=N1. The van der Waals surface area contributed by atoms with Gasteiger partial charge in [-0.05, 0) is 11.6 Å². The fraction of sp³-hybridized carbons (Fsp3) is 0.211. The van der Waals surface area contributed by atoms with E-state index in [1.165, 1.54) is 24.3 Å². The van der Waals surface area contributed by atoms with Crippen LogP contribution in [0.3, 0.4) is 0 Å². The molecule has 144 valence electrons. The number of non-ortho nitro benzene ring substituents is 1. The highest BCUT2D eigenvalue weighted by Crippen LogP contribution is 2.24. The average Bonchev–Trinajstić information content (AvgIpc) is 3.22. The topological polar surface area (TPSA) is 111 Å². The lowest BCUT2D eigenvalue weighted by atomic mass is 10.1. The van der Waals surface area contributed by atoms with Crippen molar-refractivity contribution in [3.8, 4) is 5.75 Å². The number of hydrogen-bond acceptors (Lipinski definition) is 7. The van der Waals surface area contributed by atoms with Crippen molar-refractivity contribution in [2.45, 2.75) is 6.42 Å². The van der Waals surface area contributed by atoms with Gasteiger partial charge in [0.2, 0.25) is 0 Å². The second-order valence-corrected chi connectivity index (χ2v) is 5.90. The van der Waals surface area contributed by atoms with E-state index in [9.17, 15) is 19.7 Å². The molecule has 0 saturated heterocycles. The zero-order chi connectivity index (χ0) is 20.1. The van der Waals surface area contributed by atoms with E-state index in [-0.39, 0.29) is 17.0 Å². The Hall–Kier alpha value is -3.75. The lowest BCUT2D eigenvalue weighted by molar-refractivity contribution is -0.384. The summed E-state index contributed by atoms with van der Waals surface area (Å²) in [5, 5.41) is 16.4. The molecule has 2 aromatic carbocycles. The Kier molecular flexibility index (Phi) is 5.64. The molecule has 0 atom stereocenters. The van der Waals surface area contributed by atoms with Crippen LogP contribution in [0.25, 0.3) is 0 Å². The van der Waals surface area contributed by atoms with Gasteiger partial charge >= 0.3 is 5.97 Å². The highest BCUT2D eigenvalue weighted by Gasteiger charge is 2.24. The van der Waals surface area contributed by atoms with E-state index in [1.807, 2.05) is 30.3 Å². The van der Waals surface area contributed by atoms with Crippen molar-refractivity contribution < 1.29 is 24.0 Å². The second-order valence-electron chi connectivity index (χ2n) is 5.90. The van der Waals surface area contributed by atoms with Gasteiger partial charge in [-0.2, -0.15) is 5.10 Å². The molecule has 2 aromatic rings. The van der Waals surface area contributed by atoms with Crippen molar-refractivity contribution in [3.05, 3.63) is 69.8 Å². The lowest BCUT2D eigenvalue weighted by Crippen LogP contribution is -2.28. The molecular weight excluding hydrogens is 366 g/mol. The van der Waals surface area contributed by atoms with Gasteiger partial charge in [0.15, 0.2) is 6.61 Å². The summed E-state index contributed by atoms with van der Waals surface area (Å²) in [6.45, 7) is -0.142. The minimum absolute atomic E-state index is 0.119. The maximum Gasteiger partial charge on any atom is 0.342 e. The predicted octanol–water partition coefficient (Wildman–Crippen LogP) is 2.40. The second kappa shape index (κ2) is 8.30. The summed E-state index contributed by atoms with van der Waals surface area (Å²) < 4.78 is 10.0. The standard InChI is InChI=1S/C19H17N3O6/c1-27-17-8-7-14(22(25)26)11-15(17)19(24)28-12-18(23)21-10-9-16(20-21)13-5-3-2-4-6-13/h2-8,11H,9-10,12H2,1H3. The fourth-order valence-electron chi connectivity index (χ4n) is 2.72. The summed E-state index contributed by atoms with van der Waals surface area (Å²) in [5.74, 6) is -1.25. The third kappa shape index (κ3) is 4.14. The average molecular weight is 383 g/mol. The molecule has 0 unspecified atom stereocenters. The summed E-state index contributed by atoms with van der Waals surface area (Å²) >= 11 is 0. The van der Waals surface area contributed by atoms with Crippen LogP contribution >= 0.6 is 0 Å². The van der Waals surface area contributed by atoms with Crippen LogP contribution in [0.5, 0.6) is 5.75 Å². The van der Waals surface area contributed by atoms with E-state index in [0.717, 1.165) is 17.3 Å². The maximum absolute atomic E-state index is 12.3. The maximum atomic E-state index is 12.3. The fourth-order valence-corrected chi connectivity index (χ4v) is 2.72. The third-order valence-corrected chi connectivity index (χ3v) is 4.14. The first-order valence-corrected chi connectivity index (χ1v) is 8.42. The summed E-state index contributed by atoms with van der Waals surface area (Å²) in [5.41, 5.74) is 1.30. The molecule has 0 aromatic heterocycles. The van der Waals surface area contributed by atoms with Crippen molar-refractivity contribution in [1.82, 2.24) is 5.01 Å². The van der Waals surface area contributed by atoms with E-state index < -0.39 is 23.4 Å². The number of amides is 1. The number of nitro groups is 1. The summed E-state index contributed by atoms with van der Waals surface area (Å²) in [6, 6.07) is 13.0. The molecule has 9 nitrogen and oxygen atoms in total. The summed E-state index contributed by atoms with van der Waals surface area (Å²) in [4.78, 5) is 34.8. The van der Waals surface area contributed by atoms with Gasteiger partial charge in [-0.3, -0.25) is 14.9 Å². The first kappa shape index (κ1) is 19.0. The number of ether oxygens (including phenoxy) is 2. The highest BCUT2D eigenvalue weighted by molar-refractivity contribution is 6.02. The Bertz CT molecular complexity index is 942. The zero-order valence-electron chi connectivity index (χ0n) is 15.0. The number of carbonyl (C=O) groups is 2. The van der Waals surface area contributed by atoms with E-state index in [0.29, 0.717) is 13.0 Å². The van der Waals surface area contributed by atoms with E-state index in [1.54, 1.807) is 0 Å². The number of esters is 1. The van der Waals surface area contributed by atoms with Crippen molar-refractivity contribution in [3.63, 3.8) is 0 Å². The van der Waals surface area contributed by atoms with Gasteiger partial charge in [0.25, 0.3) is 11.6 Å². The largest absolute Gasteiger partial charge is 0.496 e. The molecule has 0 bridgehead atoms. The molecule has 1 aliphatic rings. The number of nitrogens with zero attached hydrogens (tertiary/aromatic N) is 3. The van der Waals surface area contributed by atoms with Crippen LogP contribution in [0, 0.1) is 10.1 Å². The molecule has 0 N–H and O–H groups in total. The van der Waals surface area contributed by atoms with Crippen LogP contribution in [0.1, 0.15) is 22.3 Å². The Morgan fingerprint density at radius 1 is 1.21 bits per heavy atom. The van der Waals surface area contributed by atoms with Crippen LogP contribution in [-0.2, 0) is 9.53 Å². The molecule has 9 heteroatoms. The van der Waals surface area contributed by atoms with Crippen LogP contribution < -0.4 is 4.74 Å². The van der Waals surface area contributed by atoms with Crippen LogP contribution in [0.4, 0.5) is 5.69 Å². The molecule has 3 rings (SSSR count). The molecular formula is C19H17N3O6. The normalized spacial score (nSPS) is 13.0. The number of methoxy groups -OCH3 is 1. The Morgan fingerprint density at radius 2 is 1.96 bits per heavy atom. The number of hydrazone groups is 1. The van der Waals surface area contributed by atoms with Crippen molar-refractivity contribution in [2.75, 3.05) is 20.3 Å². The van der Waals surface area contributed by atoms with Crippen molar-refractivity contribution >= 4 is 23.3 Å². The molecule has 0 spiro atoms. The van der Waals surface area contributed by atoms with Gasteiger partial charge in [0.05, 0.1) is 24.3 Å². The van der Waals surface area contributed by atoms with Gasteiger partial charge in [0, 0.05) is 18.6 Å².